The van der Waals surface area contributed by atoms with Gasteiger partial charge in [0.25, 0.3) is 17.8 Å². The molecule has 5 N–H and O–H groups in total. The summed E-state index contributed by atoms with van der Waals surface area (Å²) in [6, 6.07) is 7.67. The molecule has 0 spiro atoms. The van der Waals surface area contributed by atoms with Crippen molar-refractivity contribution in [3.63, 3.8) is 0 Å². The van der Waals surface area contributed by atoms with Crippen LogP contribution >= 0.6 is 11.6 Å². The first-order chi connectivity index (χ1) is 28.1. The smallest absolute Gasteiger partial charge is 0.435 e. The van der Waals surface area contributed by atoms with Crippen molar-refractivity contribution in [2.45, 2.75) is 46.2 Å². The Morgan fingerprint density at radius 3 is 2.27 bits per heavy atom. The number of carbonyl (C=O) groups excluding carboxylic acids is 3. The Kier molecular flexibility index (Phi) is 15.2. The summed E-state index contributed by atoms with van der Waals surface area (Å²) in [4.78, 5) is 62.4. The molecule has 3 fully saturated rings. The number of hydrogen-bond acceptors (Lipinski definition) is 9. The number of aliphatic imine (C=N–C) groups is 1. The summed E-state index contributed by atoms with van der Waals surface area (Å²) in [6.45, 7) is 11.4. The fraction of sp³-hybridized carbons (Fsp3) is 0.475. The summed E-state index contributed by atoms with van der Waals surface area (Å²) in [5.41, 5.74) is -0.102. The maximum atomic E-state index is 14.0. The number of carboxylic acid groups (broad SMARTS) is 1. The Morgan fingerprint density at radius 1 is 1.03 bits per heavy atom. The predicted octanol–water partition coefficient (Wildman–Crippen LogP) is 3.72. The lowest BCUT2D eigenvalue weighted by Crippen LogP contribution is -3.14. The molecular formula is C40H51ClF3N10O5+. The molecule has 0 bridgehead atoms. The highest BCUT2D eigenvalue weighted by atomic mass is 35.5. The van der Waals surface area contributed by atoms with Gasteiger partial charge in [-0.1, -0.05) is 18.5 Å². The Hall–Kier alpha value is -5.33. The third-order valence-electron chi connectivity index (χ3n) is 10.5. The number of carbonyl (C=O) groups is 4. The Morgan fingerprint density at radius 2 is 1.69 bits per heavy atom. The molecule has 15 nitrogen and oxygen atoms in total. The van der Waals surface area contributed by atoms with Gasteiger partial charge < -0.3 is 35.8 Å². The molecule has 1 aromatic carbocycles. The van der Waals surface area contributed by atoms with E-state index in [2.05, 4.69) is 31.0 Å². The number of rotatable bonds is 11. The van der Waals surface area contributed by atoms with Crippen molar-refractivity contribution >= 4 is 58.1 Å². The summed E-state index contributed by atoms with van der Waals surface area (Å²) >= 11 is 6.55. The van der Waals surface area contributed by atoms with E-state index >= 15 is 0 Å². The highest BCUT2D eigenvalue weighted by Gasteiger charge is 2.38. The minimum Gasteiger partial charge on any atom is -0.481 e. The zero-order valence-electron chi connectivity index (χ0n) is 33.5. The van der Waals surface area contributed by atoms with Crippen molar-refractivity contribution < 1.29 is 42.4 Å². The highest BCUT2D eigenvalue weighted by molar-refractivity contribution is 6.43. The summed E-state index contributed by atoms with van der Waals surface area (Å²) in [7, 11) is 1.65. The molecule has 6 rings (SSSR count). The number of hydrogen-bond donors (Lipinski definition) is 5. The maximum Gasteiger partial charge on any atom is 0.435 e. The first-order valence-electron chi connectivity index (χ1n) is 19.6. The number of aromatic nitrogens is 3. The molecule has 3 aromatic rings. The highest BCUT2D eigenvalue weighted by Crippen LogP contribution is 2.35. The molecule has 318 valence electrons. The number of amides is 3. The number of nitrogens with zero attached hydrogens (tertiary/aromatic N) is 6. The van der Waals surface area contributed by atoms with Crippen LogP contribution < -0.4 is 20.9 Å². The number of benzene rings is 1. The molecule has 3 aliphatic rings. The molecule has 0 aliphatic carbocycles. The predicted molar refractivity (Wildman–Crippen MR) is 218 cm³/mol. The molecule has 3 saturated heterocycles. The van der Waals surface area contributed by atoms with Crippen LogP contribution in [0.15, 0.2) is 53.9 Å². The number of allylic oxidation sites excluding steroid dienone is 1. The second kappa shape index (κ2) is 20.1. The van der Waals surface area contributed by atoms with Crippen LogP contribution in [0.25, 0.3) is 11.3 Å². The largest absolute Gasteiger partial charge is 0.481 e. The minimum absolute atomic E-state index is 0.0405. The van der Waals surface area contributed by atoms with Crippen LogP contribution in [-0.2, 0) is 20.6 Å². The van der Waals surface area contributed by atoms with Crippen molar-refractivity contribution in [1.82, 2.24) is 29.9 Å². The molecular weight excluding hydrogens is 793 g/mol. The molecule has 0 saturated carbocycles. The van der Waals surface area contributed by atoms with Crippen LogP contribution in [0.5, 0.6) is 0 Å². The number of halogens is 4. The van der Waals surface area contributed by atoms with E-state index in [1.54, 1.807) is 42.0 Å². The van der Waals surface area contributed by atoms with Gasteiger partial charge in [-0.25, -0.2) is 9.67 Å². The molecule has 59 heavy (non-hydrogen) atoms. The van der Waals surface area contributed by atoms with E-state index in [0.29, 0.717) is 43.4 Å². The lowest BCUT2D eigenvalue weighted by molar-refractivity contribution is -0.909. The van der Waals surface area contributed by atoms with Gasteiger partial charge in [-0.05, 0) is 43.2 Å². The number of piperazine rings is 1. The molecule has 19 heteroatoms. The Balaban J connectivity index is 0.00000158. The molecule has 2 aromatic heterocycles. The minimum atomic E-state index is -4.74. The summed E-state index contributed by atoms with van der Waals surface area (Å²) in [6.07, 6.45) is 1.16. The second-order valence-electron chi connectivity index (χ2n) is 14.8. The van der Waals surface area contributed by atoms with E-state index in [9.17, 15) is 27.6 Å². The van der Waals surface area contributed by atoms with Crippen LogP contribution in [0.4, 0.5) is 24.7 Å². The number of likely N-dealkylation sites (tertiary alicyclic amines) is 1. The number of alkyl halides is 3. The molecule has 0 radical (unpaired) electrons. The number of quaternary nitrogens is 1. The van der Waals surface area contributed by atoms with E-state index in [4.69, 9.17) is 21.5 Å². The van der Waals surface area contributed by atoms with Gasteiger partial charge in [0.1, 0.15) is 11.5 Å². The SMILES string of the molecule is CC(=O)O.CCC(=N/C=C(\C)c1cn(-c2ccnc(NC)c2)nc1C(F)(F)F)C(=O)Nc1ccc(C(=O)N2CCN(C(=O)C3CC[NH+](CC4CNC4)CC3)CC2)c(Cl)c1. The fourth-order valence-corrected chi connectivity index (χ4v) is 7.43. The van der Waals surface area contributed by atoms with Crippen molar-refractivity contribution in [3.8, 4) is 5.69 Å². The summed E-state index contributed by atoms with van der Waals surface area (Å²) in [5.74, 6) is -0.236. The first kappa shape index (κ1) is 44.8. The first-order valence-corrected chi connectivity index (χ1v) is 19.9. The Bertz CT molecular complexity index is 2050. The normalized spacial score (nSPS) is 19.0. The molecule has 3 amide bonds. The van der Waals surface area contributed by atoms with Crippen LogP contribution in [0.2, 0.25) is 5.02 Å². The van der Waals surface area contributed by atoms with Crippen molar-refractivity contribution in [3.05, 3.63) is 70.8 Å². The molecule has 0 unspecified atom stereocenters. The number of pyridine rings is 1. The zero-order valence-corrected chi connectivity index (χ0v) is 34.3. The fourth-order valence-electron chi connectivity index (χ4n) is 7.16. The number of piperidine rings is 1. The van der Waals surface area contributed by atoms with Crippen LogP contribution in [0.1, 0.15) is 61.6 Å². The third kappa shape index (κ3) is 11.9. The van der Waals surface area contributed by atoms with Gasteiger partial charge in [0.2, 0.25) is 5.91 Å². The van der Waals surface area contributed by atoms with Crippen molar-refractivity contribution in [1.29, 1.82) is 0 Å². The number of anilines is 2. The number of aliphatic carboxylic acids is 1. The zero-order chi connectivity index (χ0) is 42.9. The van der Waals surface area contributed by atoms with Gasteiger partial charge in [0.15, 0.2) is 5.69 Å². The monoisotopic (exact) mass is 843 g/mol. The van der Waals surface area contributed by atoms with Crippen molar-refractivity contribution in [2.75, 3.05) is 76.6 Å². The molecule has 3 aliphatic heterocycles. The van der Waals surface area contributed by atoms with E-state index in [0.717, 1.165) is 56.5 Å². The van der Waals surface area contributed by atoms with Gasteiger partial charge in [-0.15, -0.1) is 0 Å². The second-order valence-corrected chi connectivity index (χ2v) is 15.2. The average molecular weight is 844 g/mol. The van der Waals surface area contributed by atoms with Gasteiger partial charge in [0, 0.05) is 114 Å². The number of carboxylic acids is 1. The van der Waals surface area contributed by atoms with Gasteiger partial charge in [-0.3, -0.25) is 24.2 Å². The molecule has 5 heterocycles. The van der Waals surface area contributed by atoms with Gasteiger partial charge in [-0.2, -0.15) is 18.3 Å². The van der Waals surface area contributed by atoms with Crippen LogP contribution in [0, 0.1) is 11.8 Å². The number of nitrogens with one attached hydrogen (secondary N) is 4. The van der Waals surface area contributed by atoms with E-state index in [1.165, 1.54) is 44.2 Å². The summed E-state index contributed by atoms with van der Waals surface area (Å²) in [5, 5.41) is 20.2. The van der Waals surface area contributed by atoms with E-state index in [-0.39, 0.29) is 51.6 Å². The van der Waals surface area contributed by atoms with Crippen molar-refractivity contribution in [2.24, 2.45) is 16.8 Å². The van der Waals surface area contributed by atoms with Gasteiger partial charge in [0.05, 0.1) is 35.9 Å². The topological polar surface area (TPSA) is 179 Å². The van der Waals surface area contributed by atoms with E-state index in [1.807, 2.05) is 4.90 Å². The standard InChI is InChI=1S/C38H46ClF3N10O3.C2H4O2/c1-4-32(46-19-24(2)30-23-52(48-34(30)38(40,41)42)28-7-10-45-33(18-28)43-3)35(53)47-27-5-6-29(31(39)17-27)37(55)51-15-13-50(14-16-51)36(54)26-8-11-49(12-9-26)22-25-20-44-21-25;1-2(3)4/h5-7,10,17-19,23,25-26,44H,4,8-9,11-16,20-22H2,1-3H3,(H,43,45)(H,47,53);1H3,(H,3,4)/p+1/b24-19+,46-32?;. The third-order valence-corrected chi connectivity index (χ3v) is 10.8. The Labute approximate surface area is 345 Å². The average Bonchev–Trinajstić information content (AvgIpc) is 3.66. The van der Waals surface area contributed by atoms with Crippen LogP contribution in [0.3, 0.4) is 0 Å². The lowest BCUT2D eigenvalue weighted by atomic mass is 9.93. The lowest BCUT2D eigenvalue weighted by Gasteiger charge is -2.38. The van der Waals surface area contributed by atoms with Gasteiger partial charge >= 0.3 is 6.18 Å². The van der Waals surface area contributed by atoms with E-state index < -0.39 is 23.7 Å². The quantitative estimate of drug-likeness (QED) is 0.180. The molecule has 0 atom stereocenters. The summed E-state index contributed by atoms with van der Waals surface area (Å²) < 4.78 is 43.2. The van der Waals surface area contributed by atoms with Crippen LogP contribution in [-0.4, -0.2) is 125 Å². The maximum absolute atomic E-state index is 14.0.